The van der Waals surface area contributed by atoms with Gasteiger partial charge in [-0.05, 0) is 0 Å². The summed E-state index contributed by atoms with van der Waals surface area (Å²) in [4.78, 5) is 0. The molecular weight excluding hydrogens is 462 g/mol. The topological polar surface area (TPSA) is 26.4 Å². The van der Waals surface area contributed by atoms with Gasteiger partial charge in [0.1, 0.15) is 37.2 Å². The molecule has 0 amide bonds. The maximum absolute atomic E-state index is 2.00. The zero-order valence-corrected chi connectivity index (χ0v) is 18.7. The van der Waals surface area contributed by atoms with Gasteiger partial charge in [-0.2, -0.15) is 0 Å². The predicted octanol–water partition coefficient (Wildman–Crippen LogP) is -9.44. The van der Waals surface area contributed by atoms with E-state index < -0.39 is 0 Å². The van der Waals surface area contributed by atoms with Gasteiger partial charge >= 0.3 is 0 Å². The molecule has 0 saturated carbocycles. The van der Waals surface area contributed by atoms with Crippen LogP contribution in [-0.4, -0.2) is 13.7 Å². The Labute approximate surface area is 174 Å². The van der Waals surface area contributed by atoms with Crippen molar-refractivity contribution in [2.45, 2.75) is 0 Å². The lowest BCUT2D eigenvalue weighted by Crippen LogP contribution is -3.00. The third kappa shape index (κ3) is 12.4. The average molecular weight is 489 g/mol. The molecule has 0 fully saturated rings. The van der Waals surface area contributed by atoms with Crippen LogP contribution in [0.15, 0.2) is 56.2 Å². The highest BCUT2D eigenvalue weighted by Gasteiger charge is 1.88. The van der Waals surface area contributed by atoms with Crippen molar-refractivity contribution in [1.29, 1.82) is 0 Å². The highest BCUT2D eigenvalue weighted by Crippen LogP contribution is 1.72. The quantitative estimate of drug-likeness (QED) is 0.222. The van der Waals surface area contributed by atoms with Crippen molar-refractivity contribution in [2.75, 3.05) is 0 Å². The van der Waals surface area contributed by atoms with E-state index in [0.717, 1.165) is 0 Å². The molecule has 3 heterocycles. The molecule has 0 aliphatic rings. The minimum atomic E-state index is 0. The first kappa shape index (κ1) is 27.8. The SMILES string of the molecule is Cn1cc[n+](C)c1.Cn1cc[n+](C)c1.Cn1cc[n+](C)c1.[Cl-].[Cl-].[I-]. The Kier molecular flexibility index (Phi) is 16.5. The molecule has 9 heteroatoms. The molecule has 0 aromatic carbocycles. The third-order valence-electron chi connectivity index (χ3n) is 2.70. The predicted molar refractivity (Wildman–Crippen MR) is 79.8 cm³/mol. The van der Waals surface area contributed by atoms with Crippen LogP contribution in [0.1, 0.15) is 0 Å². The molecule has 0 atom stereocenters. The molecular formula is C15H27Cl2IN6. The van der Waals surface area contributed by atoms with Gasteiger partial charge in [0.2, 0.25) is 19.0 Å². The zero-order valence-electron chi connectivity index (χ0n) is 15.0. The normalized spacial score (nSPS) is 8.25. The first-order valence-electron chi connectivity index (χ1n) is 6.78. The van der Waals surface area contributed by atoms with Gasteiger partial charge < -0.3 is 48.8 Å². The number of aryl methyl sites for hydroxylation is 6. The van der Waals surface area contributed by atoms with Crippen LogP contribution in [0.2, 0.25) is 0 Å². The second kappa shape index (κ2) is 14.3. The number of hydrogen-bond donors (Lipinski definition) is 0. The van der Waals surface area contributed by atoms with Gasteiger partial charge in [-0.25, -0.2) is 27.4 Å². The Morgan fingerprint density at radius 3 is 0.792 bits per heavy atom. The zero-order chi connectivity index (χ0) is 15.8. The summed E-state index contributed by atoms with van der Waals surface area (Å²) in [5, 5.41) is 0. The standard InChI is InChI=1S/3C5H9N2.2ClH.HI/c3*1-6-3-4-7(2)5-6;;;/h3*3-5H,1-2H3;3*1H/q3*+1;;;/p-3. The van der Waals surface area contributed by atoms with Crippen LogP contribution in [-0.2, 0) is 42.3 Å². The Morgan fingerprint density at radius 1 is 0.542 bits per heavy atom. The van der Waals surface area contributed by atoms with E-state index in [4.69, 9.17) is 0 Å². The number of imidazole rings is 3. The molecule has 3 aromatic rings. The molecule has 3 aromatic heterocycles. The van der Waals surface area contributed by atoms with Crippen LogP contribution >= 0.6 is 0 Å². The van der Waals surface area contributed by atoms with E-state index in [1.54, 1.807) is 0 Å². The Morgan fingerprint density at radius 2 is 0.750 bits per heavy atom. The highest BCUT2D eigenvalue weighted by atomic mass is 127. The van der Waals surface area contributed by atoms with Gasteiger partial charge in [-0.15, -0.1) is 0 Å². The molecule has 138 valence electrons. The van der Waals surface area contributed by atoms with Crippen LogP contribution in [0.25, 0.3) is 0 Å². The molecule has 0 spiro atoms. The van der Waals surface area contributed by atoms with Crippen molar-refractivity contribution in [3.8, 4) is 0 Å². The molecule has 0 aliphatic carbocycles. The number of rotatable bonds is 0. The van der Waals surface area contributed by atoms with Crippen molar-refractivity contribution >= 4 is 0 Å². The number of nitrogens with zero attached hydrogens (tertiary/aromatic N) is 6. The smallest absolute Gasteiger partial charge is 0.243 e. The maximum Gasteiger partial charge on any atom is 0.243 e. The summed E-state index contributed by atoms with van der Waals surface area (Å²) in [5.74, 6) is 0. The molecule has 0 radical (unpaired) electrons. The summed E-state index contributed by atoms with van der Waals surface area (Å²) < 4.78 is 12.0. The van der Waals surface area contributed by atoms with Crippen LogP contribution in [0, 0.1) is 0 Å². The number of hydrogen-bond acceptors (Lipinski definition) is 0. The van der Waals surface area contributed by atoms with Gasteiger partial charge in [0.05, 0.1) is 42.3 Å². The van der Waals surface area contributed by atoms with E-state index in [2.05, 4.69) is 0 Å². The Bertz CT molecular complexity index is 522. The summed E-state index contributed by atoms with van der Waals surface area (Å²) in [6.45, 7) is 0. The van der Waals surface area contributed by atoms with Crippen molar-refractivity contribution < 1.29 is 62.5 Å². The van der Waals surface area contributed by atoms with E-state index in [0.29, 0.717) is 0 Å². The summed E-state index contributed by atoms with van der Waals surface area (Å²) in [6, 6.07) is 0. The van der Waals surface area contributed by atoms with Crippen molar-refractivity contribution in [3.63, 3.8) is 0 Å². The van der Waals surface area contributed by atoms with Gasteiger partial charge in [-0.1, -0.05) is 0 Å². The fourth-order valence-electron chi connectivity index (χ4n) is 1.72. The van der Waals surface area contributed by atoms with Crippen molar-refractivity contribution in [2.24, 2.45) is 42.3 Å². The first-order valence-corrected chi connectivity index (χ1v) is 6.78. The number of aromatic nitrogens is 6. The summed E-state index contributed by atoms with van der Waals surface area (Å²) >= 11 is 0. The van der Waals surface area contributed by atoms with Gasteiger partial charge in [0, 0.05) is 0 Å². The third-order valence-corrected chi connectivity index (χ3v) is 2.70. The van der Waals surface area contributed by atoms with E-state index >= 15 is 0 Å². The van der Waals surface area contributed by atoms with Gasteiger partial charge in [-0.3, -0.25) is 0 Å². The van der Waals surface area contributed by atoms with Crippen molar-refractivity contribution in [1.82, 2.24) is 13.7 Å². The van der Waals surface area contributed by atoms with Crippen LogP contribution in [0.5, 0.6) is 0 Å². The summed E-state index contributed by atoms with van der Waals surface area (Å²) in [7, 11) is 12.0. The molecule has 0 unspecified atom stereocenters. The van der Waals surface area contributed by atoms with Crippen LogP contribution in [0.4, 0.5) is 0 Å². The molecule has 0 saturated heterocycles. The lowest BCUT2D eigenvalue weighted by atomic mass is 10.9. The largest absolute Gasteiger partial charge is 1.00 e. The van der Waals surface area contributed by atoms with Crippen LogP contribution in [0.3, 0.4) is 0 Å². The van der Waals surface area contributed by atoms with Gasteiger partial charge in [0.15, 0.2) is 0 Å². The van der Waals surface area contributed by atoms with E-state index in [9.17, 15) is 0 Å². The lowest BCUT2D eigenvalue weighted by molar-refractivity contribution is -0.671. The van der Waals surface area contributed by atoms with E-state index in [1.807, 2.05) is 126 Å². The minimum Gasteiger partial charge on any atom is -1.00 e. The molecule has 0 aliphatic heterocycles. The molecule has 0 bridgehead atoms. The fraction of sp³-hybridized carbons (Fsp3) is 0.400. The van der Waals surface area contributed by atoms with Crippen LogP contribution < -0.4 is 62.5 Å². The summed E-state index contributed by atoms with van der Waals surface area (Å²) in [5.41, 5.74) is 0. The van der Waals surface area contributed by atoms with E-state index in [-0.39, 0.29) is 48.8 Å². The first-order chi connectivity index (χ1) is 9.86. The molecule has 3 rings (SSSR count). The fourth-order valence-corrected chi connectivity index (χ4v) is 1.72. The average Bonchev–Trinajstić information content (AvgIpc) is 3.06. The molecule has 24 heavy (non-hydrogen) atoms. The van der Waals surface area contributed by atoms with Gasteiger partial charge in [0.25, 0.3) is 0 Å². The number of halogens is 3. The minimum absolute atomic E-state index is 0. The Balaban J connectivity index is -0.000000259. The van der Waals surface area contributed by atoms with Crippen molar-refractivity contribution in [3.05, 3.63) is 56.2 Å². The maximum atomic E-state index is 2.00. The second-order valence-electron chi connectivity index (χ2n) is 5.23. The Hall–Kier alpha value is -1.06. The monoisotopic (exact) mass is 488 g/mol. The summed E-state index contributed by atoms with van der Waals surface area (Å²) in [6.07, 6.45) is 18.0. The lowest BCUT2D eigenvalue weighted by Gasteiger charge is -1.72. The molecule has 0 N–H and O–H groups in total. The van der Waals surface area contributed by atoms with E-state index in [1.165, 1.54) is 0 Å². The second-order valence-corrected chi connectivity index (χ2v) is 5.23. The molecule has 6 nitrogen and oxygen atoms in total. The highest BCUT2D eigenvalue weighted by molar-refractivity contribution is 4.61.